The lowest BCUT2D eigenvalue weighted by Crippen LogP contribution is -2.42. The van der Waals surface area contributed by atoms with Crippen molar-refractivity contribution in [3.63, 3.8) is 0 Å². The van der Waals surface area contributed by atoms with Crippen LogP contribution < -0.4 is 11.1 Å². The Bertz CT molecular complexity index is 6100. The Morgan fingerprint density at radius 1 is 0.629 bits per heavy atom. The number of alkyl halides is 6. The molecule has 22 heteroatoms. The first-order chi connectivity index (χ1) is 61.3. The second-order valence-corrected chi connectivity index (χ2v) is 22.0. The molecule has 0 fully saturated rings. The lowest BCUT2D eigenvalue weighted by atomic mass is 9.98. The maximum Gasteiger partial charge on any atom is 0.416 e. The fraction of sp³-hybridized carbons (Fsp3) is 0.387. The molecule has 0 bridgehead atoms. The average molecular weight is 1410 g/mol. The van der Waals surface area contributed by atoms with Gasteiger partial charge in [-0.15, -0.1) is 0 Å². The van der Waals surface area contributed by atoms with E-state index in [2.05, 4.69) is 9.97 Å². The monoisotopic (exact) mass is 1410 g/mol. The van der Waals surface area contributed by atoms with E-state index in [9.17, 15) is 54.3 Å². The molecule has 2 aliphatic carbocycles. The van der Waals surface area contributed by atoms with E-state index in [-0.39, 0.29) is 74.6 Å². The van der Waals surface area contributed by atoms with Crippen LogP contribution in [0.4, 0.5) is 35.1 Å². The number of rotatable bonds is 26. The summed E-state index contributed by atoms with van der Waals surface area (Å²) in [6, 6.07) is -12.9. The minimum absolute atomic E-state index is 0.0150. The van der Waals surface area contributed by atoms with Crippen molar-refractivity contribution in [1.82, 2.24) is 38.7 Å². The number of halogens is 8. The number of amides is 2. The Balaban J connectivity index is 0.000000305. The molecule has 10 rings (SSSR count). The van der Waals surface area contributed by atoms with Gasteiger partial charge in [-0.1, -0.05) is 155 Å². The van der Waals surface area contributed by atoms with Gasteiger partial charge in [0.05, 0.1) is 47.3 Å². The third-order valence-corrected chi connectivity index (χ3v) is 15.7. The molecule has 97 heavy (non-hydrogen) atoms. The zero-order valence-electron chi connectivity index (χ0n) is 91.1. The van der Waals surface area contributed by atoms with Crippen molar-refractivity contribution in [2.24, 2.45) is 5.89 Å². The first kappa shape index (κ1) is 37.3. The number of aromatic nitrogens is 4. The van der Waals surface area contributed by atoms with E-state index in [0.29, 0.717) is 24.8 Å². The van der Waals surface area contributed by atoms with Crippen LogP contribution in [0, 0.1) is 24.5 Å². The summed E-state index contributed by atoms with van der Waals surface area (Å²) >= 11 is -0.592. The lowest BCUT2D eigenvalue weighted by molar-refractivity contribution is -0.138. The fourth-order valence-corrected chi connectivity index (χ4v) is 10.7. The van der Waals surface area contributed by atoms with Gasteiger partial charge in [0.25, 0.3) is 11.1 Å². The number of carbonyl (C=O) groups is 2. The maximum absolute atomic E-state index is 15.2. The number of carbonyl (C=O) groups excluding carboxylic acids is 2. The van der Waals surface area contributed by atoms with Crippen LogP contribution in [-0.2, 0) is 78.4 Å². The normalized spacial score (nSPS) is 23.2. The molecule has 2 heterocycles. The van der Waals surface area contributed by atoms with Crippen LogP contribution in [0.3, 0.4) is 0 Å². The zero-order chi connectivity index (χ0) is 104. The molecule has 514 valence electrons. The summed E-state index contributed by atoms with van der Waals surface area (Å²) < 4.78 is 449. The van der Waals surface area contributed by atoms with Crippen molar-refractivity contribution in [3.05, 3.63) is 233 Å². The minimum Gasteiger partial charge on any atom is -0.336 e. The van der Waals surface area contributed by atoms with Crippen LogP contribution in [-0.4, -0.2) is 103 Å². The molecular formula is C75H82F8N8O4S2. The van der Waals surface area contributed by atoms with Crippen LogP contribution in [0.1, 0.15) is 169 Å². The number of thioether (sulfide) groups is 2. The van der Waals surface area contributed by atoms with Crippen LogP contribution in [0.15, 0.2) is 159 Å². The predicted molar refractivity (Wildman–Crippen MR) is 367 cm³/mol. The SMILES string of the molecule is [2H]c1c([2H])c(C([2H])([2H])Sc2nc(=O)c3c(n2C([2H])([2H])C(=O)N(CCN(C([2H])([2H])C)C([2H])([2H])C)C([2H])(C)c2ccc(-c4ccc(C(F)(F)F)cc4)cc2)C([2H])([2H])C([2H])(C)C3([2H])[2H])c([2H])c([2H])c1F.[2H]c1c([2H])c(C([2H])([2H])Sc2nc(=O)c3c(n2C([2H])([2H])C(=O)N(CCN(C([2H])([2H])C)C([2H])([2H])C)C([2H])([2H])c2c([2H])c([2H])c(-c4c([2H])c([2H])c(C(F)(F)F)c(C)c4[2H])c([2H])c2[2H])CCC3)c([2H])c([2H])c1F. The molecule has 2 atom stereocenters. The Morgan fingerprint density at radius 2 is 1.12 bits per heavy atom. The molecule has 2 amide bonds. The van der Waals surface area contributed by atoms with E-state index in [1.54, 1.807) is 0 Å². The summed E-state index contributed by atoms with van der Waals surface area (Å²) in [5.41, 5.74) is -21.3. The summed E-state index contributed by atoms with van der Waals surface area (Å²) in [6.07, 6.45) is -16.9. The number of likely N-dealkylation sites (N-methyl/N-ethyl adjacent to an activating group) is 2. The first-order valence-electron chi connectivity index (χ1n) is 48.3. The second-order valence-electron chi connectivity index (χ2n) is 20.4. The van der Waals surface area contributed by atoms with Crippen molar-refractivity contribution < 1.29 is 98.2 Å². The van der Waals surface area contributed by atoms with Crippen molar-refractivity contribution in [3.8, 4) is 22.3 Å². The molecule has 6 aromatic carbocycles. The maximum atomic E-state index is 15.2. The quantitative estimate of drug-likeness (QED) is 0.0295. The van der Waals surface area contributed by atoms with Crippen LogP contribution in [0.2, 0.25) is 0 Å². The standard InChI is InChI=1S/C38H42F4N4O2S.C37H40F4N4O2S/c1-5-44(6-2)19-20-45(26(4)28-9-11-29(12-10-28)30-13-15-31(16-14-30)38(40,41)42)35(47)23-46-34-22-25(3)21-33(34)36(48)43-37(46)49-24-27-7-17-32(39)18-8-27;1-4-43(5-2)19-20-44(22-26-9-13-28(14-10-26)29-15-18-32(25(3)21-29)37(39,40)41)34(46)23-45-33-8-6-7-31(33)35(47)42-36(45)48-24-27-11-16-30(38)17-12-27/h7-18,25-26H,5-6,19-24H2,1-4H3;9-18,21H,4-8,19-20,22-24H2,1-3H3/i5D2,6D2,7D,8D,17D,18D,21D2,22D2,23D2,24D2,25D,26D;4D2,5D2,9D,10D,11D,12D,13D,14D,15D,16D,17D,18D,21D,22D2,23D2,24D2. The largest absolute Gasteiger partial charge is 0.416 e. The third kappa shape index (κ3) is 19.1. The second kappa shape index (κ2) is 33.1. The van der Waals surface area contributed by atoms with Gasteiger partial charge in [-0.25, -0.2) is 8.78 Å². The number of nitrogens with zero attached hydrogens (tertiary/aromatic N) is 8. The minimum atomic E-state index is -5.25. The van der Waals surface area contributed by atoms with E-state index in [1.165, 1.54) is 36.4 Å². The summed E-state index contributed by atoms with van der Waals surface area (Å²) in [5.74, 6) is -10.3. The molecule has 0 radical (unpaired) electrons. The van der Waals surface area contributed by atoms with Gasteiger partial charge in [-0.3, -0.25) is 19.2 Å². The van der Waals surface area contributed by atoms with Gasteiger partial charge in [0.15, 0.2) is 10.3 Å². The molecule has 0 saturated carbocycles. The van der Waals surface area contributed by atoms with Crippen LogP contribution >= 0.6 is 23.5 Å². The lowest BCUT2D eigenvalue weighted by Gasteiger charge is -2.33. The van der Waals surface area contributed by atoms with Gasteiger partial charge >= 0.3 is 12.4 Å². The molecule has 0 aliphatic heterocycles. The van der Waals surface area contributed by atoms with Crippen LogP contribution in [0.5, 0.6) is 0 Å². The highest BCUT2D eigenvalue weighted by atomic mass is 32.2. The zero-order valence-corrected chi connectivity index (χ0v) is 53.8. The Kier molecular flexibility index (Phi) is 12.7. The number of hydrogen-bond donors (Lipinski definition) is 0. The van der Waals surface area contributed by atoms with E-state index >= 15 is 9.59 Å². The number of fused-ring (bicyclic) bond motifs is 2. The molecule has 0 N–H and O–H groups in total. The molecule has 2 aliphatic rings. The van der Waals surface area contributed by atoms with Gasteiger partial charge in [-0.05, 0) is 170 Å². The smallest absolute Gasteiger partial charge is 0.336 e. The van der Waals surface area contributed by atoms with E-state index in [0.717, 1.165) is 60.6 Å². The number of benzene rings is 6. The molecule has 2 unspecified atom stereocenters. The Hall–Kier alpha value is -7.92. The van der Waals surface area contributed by atoms with Gasteiger partial charge < -0.3 is 28.7 Å². The average Bonchev–Trinajstić information content (AvgIpc) is 1.52. The molecule has 2 aromatic heterocycles. The summed E-state index contributed by atoms with van der Waals surface area (Å²) in [4.78, 5) is 66.5. The van der Waals surface area contributed by atoms with Crippen LogP contribution in [0.25, 0.3) is 22.3 Å². The van der Waals surface area contributed by atoms with Gasteiger partial charge in [0.1, 0.15) is 24.6 Å². The van der Waals surface area contributed by atoms with Gasteiger partial charge in [-0.2, -0.15) is 36.3 Å². The molecule has 0 saturated heterocycles. The van der Waals surface area contributed by atoms with Crippen molar-refractivity contribution >= 4 is 35.3 Å². The highest BCUT2D eigenvalue weighted by Gasteiger charge is 2.34. The Labute approximate surface area is 624 Å². The third-order valence-electron chi connectivity index (χ3n) is 14.2. The van der Waals surface area contributed by atoms with Gasteiger partial charge in [0.2, 0.25) is 11.8 Å². The fourth-order valence-electron chi connectivity index (χ4n) is 9.36. The molecule has 0 spiro atoms. The summed E-state index contributed by atoms with van der Waals surface area (Å²) in [6.45, 7) is -19.6. The van der Waals surface area contributed by atoms with Gasteiger partial charge in [0, 0.05) is 89.9 Å². The molecular weight excluding hydrogens is 1290 g/mol. The van der Waals surface area contributed by atoms with Crippen molar-refractivity contribution in [1.29, 1.82) is 0 Å². The first-order valence-corrected chi connectivity index (χ1v) is 30.4. The highest BCUT2D eigenvalue weighted by Crippen LogP contribution is 2.36. The predicted octanol–water partition coefficient (Wildman–Crippen LogP) is 15.6. The Morgan fingerprint density at radius 3 is 1.66 bits per heavy atom. The van der Waals surface area contributed by atoms with E-state index in [1.807, 2.05) is 0 Å². The summed E-state index contributed by atoms with van der Waals surface area (Å²) in [5, 5.41) is -2.32. The topological polar surface area (TPSA) is 117 Å². The molecule has 8 aromatic rings. The van der Waals surface area contributed by atoms with E-state index in [4.69, 9.17) is 43.9 Å². The number of hydrogen-bond acceptors (Lipinski definition) is 10. The summed E-state index contributed by atoms with van der Waals surface area (Å²) in [7, 11) is 0. The molecule has 12 nitrogen and oxygen atoms in total. The van der Waals surface area contributed by atoms with Crippen molar-refractivity contribution in [2.75, 3.05) is 52.2 Å². The van der Waals surface area contributed by atoms with Crippen molar-refractivity contribution in [2.45, 2.75) is 140 Å². The van der Waals surface area contributed by atoms with E-state index < -0.39 is 311 Å². The highest BCUT2D eigenvalue weighted by molar-refractivity contribution is 7.98.